The average Bonchev–Trinajstić information content (AvgIpc) is 2.51. The highest BCUT2D eigenvalue weighted by atomic mass is 35.5. The van der Waals surface area contributed by atoms with Gasteiger partial charge in [-0.25, -0.2) is 4.79 Å². The molecule has 0 atom stereocenters. The lowest BCUT2D eigenvalue weighted by atomic mass is 10.1. The van der Waals surface area contributed by atoms with E-state index in [4.69, 9.17) is 21.4 Å². The third-order valence-electron chi connectivity index (χ3n) is 3.84. The van der Waals surface area contributed by atoms with E-state index in [-0.39, 0.29) is 5.56 Å². The van der Waals surface area contributed by atoms with Crippen molar-refractivity contribution >= 4 is 34.2 Å². The fourth-order valence-corrected chi connectivity index (χ4v) is 2.97. The lowest BCUT2D eigenvalue weighted by Crippen LogP contribution is -2.36. The number of carboxylic acids is 1. The summed E-state index contributed by atoms with van der Waals surface area (Å²) in [6.07, 6.45) is 1.34. The zero-order valence-corrected chi connectivity index (χ0v) is 12.8. The van der Waals surface area contributed by atoms with E-state index in [0.717, 1.165) is 18.8 Å². The molecule has 0 aliphatic carbocycles. The molecule has 116 valence electrons. The van der Waals surface area contributed by atoms with Gasteiger partial charge in [-0.3, -0.25) is 4.79 Å². The van der Waals surface area contributed by atoms with Crippen LogP contribution in [0.25, 0.3) is 10.9 Å². The zero-order valence-electron chi connectivity index (χ0n) is 12.0. The average molecular weight is 323 g/mol. The number of nitrogens with zero attached hydrogens (tertiary/aromatic N) is 2. The summed E-state index contributed by atoms with van der Waals surface area (Å²) in [5, 5.41) is 9.86. The first kappa shape index (κ1) is 14.9. The molecule has 0 spiro atoms. The van der Waals surface area contributed by atoms with Crippen molar-refractivity contribution in [1.82, 2.24) is 4.57 Å². The Labute approximate surface area is 131 Å². The molecule has 1 aromatic carbocycles. The molecular weight excluding hydrogens is 308 g/mol. The standard InChI is InChI=1S/C15H15ClN2O4/c1-17-8-10(15(20)21)14(19)9-6-11(16)13(7-12(9)17)18-2-4-22-5-3-18/h6-8H,2-5H2,1H3,(H,20,21). The number of carboxylic acid groups (broad SMARTS) is 1. The van der Waals surface area contributed by atoms with Crippen LogP contribution in [0.1, 0.15) is 10.4 Å². The summed E-state index contributed by atoms with van der Waals surface area (Å²) in [5.74, 6) is -1.24. The Bertz CT molecular complexity index is 809. The van der Waals surface area contributed by atoms with Gasteiger partial charge < -0.3 is 19.3 Å². The fourth-order valence-electron chi connectivity index (χ4n) is 2.69. The quantitative estimate of drug-likeness (QED) is 0.911. The van der Waals surface area contributed by atoms with Crippen molar-refractivity contribution in [3.63, 3.8) is 0 Å². The van der Waals surface area contributed by atoms with E-state index >= 15 is 0 Å². The topological polar surface area (TPSA) is 71.8 Å². The van der Waals surface area contributed by atoms with Gasteiger partial charge in [-0.05, 0) is 12.1 Å². The molecule has 0 radical (unpaired) electrons. The Morgan fingerprint density at radius 3 is 2.64 bits per heavy atom. The second kappa shape index (κ2) is 5.62. The number of hydrogen-bond donors (Lipinski definition) is 1. The van der Waals surface area contributed by atoms with Crippen LogP contribution < -0.4 is 10.3 Å². The normalized spacial score (nSPS) is 15.3. The minimum atomic E-state index is -1.24. The highest BCUT2D eigenvalue weighted by Gasteiger charge is 2.19. The minimum absolute atomic E-state index is 0.259. The van der Waals surface area contributed by atoms with Crippen LogP contribution in [0.3, 0.4) is 0 Å². The van der Waals surface area contributed by atoms with Crippen LogP contribution >= 0.6 is 11.6 Å². The van der Waals surface area contributed by atoms with E-state index < -0.39 is 11.4 Å². The van der Waals surface area contributed by atoms with E-state index in [1.807, 2.05) is 6.07 Å². The smallest absolute Gasteiger partial charge is 0.341 e. The van der Waals surface area contributed by atoms with Crippen LogP contribution in [0.15, 0.2) is 23.1 Å². The number of carbonyl (C=O) groups is 1. The summed E-state index contributed by atoms with van der Waals surface area (Å²) in [6, 6.07) is 3.38. The second-order valence-corrected chi connectivity index (χ2v) is 5.62. The molecule has 2 aromatic rings. The van der Waals surface area contributed by atoms with Gasteiger partial charge in [0.2, 0.25) is 5.43 Å². The molecule has 1 aliphatic heterocycles. The molecular formula is C15H15ClN2O4. The summed E-state index contributed by atoms with van der Waals surface area (Å²) < 4.78 is 6.97. The molecule has 3 rings (SSSR count). The summed E-state index contributed by atoms with van der Waals surface area (Å²) >= 11 is 6.31. The summed E-state index contributed by atoms with van der Waals surface area (Å²) in [4.78, 5) is 25.5. The van der Waals surface area contributed by atoms with Crippen LogP contribution in [0, 0.1) is 0 Å². The summed E-state index contributed by atoms with van der Waals surface area (Å²) in [7, 11) is 1.71. The Balaban J connectivity index is 2.22. The van der Waals surface area contributed by atoms with E-state index in [1.165, 1.54) is 6.20 Å². The fraction of sp³-hybridized carbons (Fsp3) is 0.333. The van der Waals surface area contributed by atoms with Gasteiger partial charge in [-0.1, -0.05) is 11.6 Å². The third kappa shape index (κ3) is 2.44. The number of ether oxygens (including phenoxy) is 1. The molecule has 0 amide bonds. The largest absolute Gasteiger partial charge is 0.477 e. The molecule has 0 bridgehead atoms. The lowest BCUT2D eigenvalue weighted by molar-refractivity contribution is 0.0695. The summed E-state index contributed by atoms with van der Waals surface area (Å²) in [6.45, 7) is 2.72. The predicted molar refractivity (Wildman–Crippen MR) is 84.2 cm³/mol. The monoisotopic (exact) mass is 322 g/mol. The van der Waals surface area contributed by atoms with Crippen molar-refractivity contribution in [2.75, 3.05) is 31.2 Å². The van der Waals surface area contributed by atoms with Crippen LogP contribution in [0.4, 0.5) is 5.69 Å². The number of halogens is 1. The molecule has 6 nitrogen and oxygen atoms in total. The number of morpholine rings is 1. The maximum absolute atomic E-state index is 12.3. The van der Waals surface area contributed by atoms with E-state index in [1.54, 1.807) is 17.7 Å². The Kier molecular flexibility index (Phi) is 3.80. The van der Waals surface area contributed by atoms with Gasteiger partial charge >= 0.3 is 5.97 Å². The lowest BCUT2D eigenvalue weighted by Gasteiger charge is -2.30. The Hall–Kier alpha value is -2.05. The highest BCUT2D eigenvalue weighted by Crippen LogP contribution is 2.30. The first-order valence-corrected chi connectivity index (χ1v) is 7.25. The first-order valence-electron chi connectivity index (χ1n) is 6.88. The summed E-state index contributed by atoms with van der Waals surface area (Å²) in [5.41, 5.74) is 0.706. The number of aryl methyl sites for hydroxylation is 1. The number of benzene rings is 1. The van der Waals surface area contributed by atoms with Gasteiger partial charge in [0.1, 0.15) is 5.56 Å². The number of anilines is 1. The predicted octanol–water partition coefficient (Wildman–Crippen LogP) is 1.73. The highest BCUT2D eigenvalue weighted by molar-refractivity contribution is 6.34. The molecule has 0 unspecified atom stereocenters. The van der Waals surface area contributed by atoms with E-state index in [0.29, 0.717) is 29.1 Å². The van der Waals surface area contributed by atoms with E-state index in [9.17, 15) is 9.59 Å². The number of aromatic nitrogens is 1. The van der Waals surface area contributed by atoms with Crippen molar-refractivity contribution in [1.29, 1.82) is 0 Å². The van der Waals surface area contributed by atoms with Crippen molar-refractivity contribution in [3.05, 3.63) is 39.1 Å². The third-order valence-corrected chi connectivity index (χ3v) is 4.14. The maximum atomic E-state index is 12.3. The molecule has 1 fully saturated rings. The van der Waals surface area contributed by atoms with Crippen molar-refractivity contribution < 1.29 is 14.6 Å². The SMILES string of the molecule is Cn1cc(C(=O)O)c(=O)c2cc(Cl)c(N3CCOCC3)cc21. The Morgan fingerprint density at radius 2 is 2.00 bits per heavy atom. The van der Waals surface area contributed by atoms with Gasteiger partial charge in [-0.15, -0.1) is 0 Å². The molecule has 7 heteroatoms. The maximum Gasteiger partial charge on any atom is 0.341 e. The first-order chi connectivity index (χ1) is 10.5. The second-order valence-electron chi connectivity index (χ2n) is 5.21. The van der Waals surface area contributed by atoms with Crippen molar-refractivity contribution in [2.45, 2.75) is 0 Å². The van der Waals surface area contributed by atoms with Gasteiger partial charge in [-0.2, -0.15) is 0 Å². The number of aromatic carboxylic acids is 1. The Morgan fingerprint density at radius 1 is 1.32 bits per heavy atom. The zero-order chi connectivity index (χ0) is 15.9. The molecule has 2 heterocycles. The number of pyridine rings is 1. The van der Waals surface area contributed by atoms with Crippen LogP contribution in [0.5, 0.6) is 0 Å². The van der Waals surface area contributed by atoms with Gasteiger partial charge in [0.15, 0.2) is 0 Å². The molecule has 1 saturated heterocycles. The number of hydrogen-bond acceptors (Lipinski definition) is 4. The molecule has 1 aliphatic rings. The number of rotatable bonds is 2. The molecule has 22 heavy (non-hydrogen) atoms. The van der Waals surface area contributed by atoms with Crippen molar-refractivity contribution in [2.24, 2.45) is 7.05 Å². The van der Waals surface area contributed by atoms with Crippen LogP contribution in [-0.4, -0.2) is 41.9 Å². The van der Waals surface area contributed by atoms with Gasteiger partial charge in [0, 0.05) is 31.7 Å². The van der Waals surface area contributed by atoms with Gasteiger partial charge in [0.05, 0.1) is 29.4 Å². The molecule has 1 aromatic heterocycles. The van der Waals surface area contributed by atoms with E-state index in [2.05, 4.69) is 4.90 Å². The van der Waals surface area contributed by atoms with Gasteiger partial charge in [0.25, 0.3) is 0 Å². The van der Waals surface area contributed by atoms with Crippen LogP contribution in [-0.2, 0) is 11.8 Å². The van der Waals surface area contributed by atoms with Crippen molar-refractivity contribution in [3.8, 4) is 0 Å². The molecule has 0 saturated carbocycles. The number of fused-ring (bicyclic) bond motifs is 1. The van der Waals surface area contributed by atoms with Crippen LogP contribution in [0.2, 0.25) is 5.02 Å². The molecule has 1 N–H and O–H groups in total. The minimum Gasteiger partial charge on any atom is -0.477 e.